The van der Waals surface area contributed by atoms with E-state index in [1.165, 1.54) is 5.56 Å². The van der Waals surface area contributed by atoms with Crippen molar-refractivity contribution in [1.82, 2.24) is 24.6 Å². The molecule has 7 nitrogen and oxygen atoms in total. The van der Waals surface area contributed by atoms with Gasteiger partial charge in [-0.1, -0.05) is 48.0 Å². The summed E-state index contributed by atoms with van der Waals surface area (Å²) in [6.07, 6.45) is 0.476. The van der Waals surface area contributed by atoms with Crippen LogP contribution in [-0.4, -0.2) is 25.2 Å². The number of hydrogen-bond acceptors (Lipinski definition) is 4. The van der Waals surface area contributed by atoms with Crippen molar-refractivity contribution in [3.8, 4) is 5.69 Å². The maximum Gasteiger partial charge on any atom is 0.273 e. The van der Waals surface area contributed by atoms with E-state index in [2.05, 4.69) is 15.4 Å². The summed E-state index contributed by atoms with van der Waals surface area (Å²) in [6.45, 7) is 4.36. The Labute approximate surface area is 180 Å². The summed E-state index contributed by atoms with van der Waals surface area (Å²) in [6, 6.07) is 17.7. The zero-order valence-electron chi connectivity index (χ0n) is 17.9. The second-order valence-electron chi connectivity index (χ2n) is 7.69. The van der Waals surface area contributed by atoms with Crippen LogP contribution in [0.2, 0.25) is 0 Å². The van der Waals surface area contributed by atoms with Gasteiger partial charge in [-0.25, -0.2) is 9.67 Å². The van der Waals surface area contributed by atoms with Gasteiger partial charge in [-0.05, 0) is 31.5 Å². The maximum atomic E-state index is 12.9. The number of carbonyl (C=O) groups excluding carboxylic acids is 1. The van der Waals surface area contributed by atoms with Crippen molar-refractivity contribution < 1.29 is 4.79 Å². The molecule has 0 aliphatic carbocycles. The van der Waals surface area contributed by atoms with Gasteiger partial charge in [-0.15, -0.1) is 0 Å². The lowest BCUT2D eigenvalue weighted by Gasteiger charge is -2.09. The predicted octanol–water partition coefficient (Wildman–Crippen LogP) is 2.99. The average molecular weight is 415 g/mol. The first-order valence-electron chi connectivity index (χ1n) is 10.3. The molecular weight excluding hydrogens is 390 g/mol. The van der Waals surface area contributed by atoms with Crippen LogP contribution in [0.5, 0.6) is 0 Å². The van der Waals surface area contributed by atoms with Gasteiger partial charge in [0.2, 0.25) is 5.91 Å². The van der Waals surface area contributed by atoms with Gasteiger partial charge in [0, 0.05) is 26.4 Å². The van der Waals surface area contributed by atoms with Crippen molar-refractivity contribution in [3.05, 3.63) is 87.5 Å². The first kappa shape index (κ1) is 20.5. The Kier molecular flexibility index (Phi) is 5.66. The predicted molar refractivity (Wildman–Crippen MR) is 120 cm³/mol. The second-order valence-corrected chi connectivity index (χ2v) is 7.69. The highest BCUT2D eigenvalue weighted by molar-refractivity contribution is 5.77. The Morgan fingerprint density at radius 2 is 1.74 bits per heavy atom. The lowest BCUT2D eigenvalue weighted by atomic mass is 10.1. The molecule has 0 atom stereocenters. The lowest BCUT2D eigenvalue weighted by molar-refractivity contribution is -0.121. The van der Waals surface area contributed by atoms with Gasteiger partial charge in [0.25, 0.3) is 5.56 Å². The van der Waals surface area contributed by atoms with E-state index in [-0.39, 0.29) is 24.3 Å². The number of benzene rings is 2. The number of aryl methyl sites for hydroxylation is 4. The van der Waals surface area contributed by atoms with Crippen LogP contribution in [0.4, 0.5) is 0 Å². The molecule has 0 saturated heterocycles. The molecule has 0 fully saturated rings. The number of para-hydroxylation sites is 1. The Morgan fingerprint density at radius 3 is 2.45 bits per heavy atom. The molecule has 31 heavy (non-hydrogen) atoms. The van der Waals surface area contributed by atoms with Crippen LogP contribution in [-0.2, 0) is 24.8 Å². The van der Waals surface area contributed by atoms with Crippen LogP contribution in [0.15, 0.2) is 59.4 Å². The van der Waals surface area contributed by atoms with Crippen LogP contribution in [0.3, 0.4) is 0 Å². The molecule has 4 aromatic rings. The highest BCUT2D eigenvalue weighted by Crippen LogP contribution is 2.19. The zero-order chi connectivity index (χ0) is 22.0. The summed E-state index contributed by atoms with van der Waals surface area (Å²) in [5, 5.41) is 7.49. The summed E-state index contributed by atoms with van der Waals surface area (Å²) in [5.74, 6) is -0.110. The molecule has 2 heterocycles. The molecular formula is C24H25N5O2. The molecule has 0 radical (unpaired) electrons. The molecule has 0 aliphatic heterocycles. The SMILES string of the molecule is Cc1ccc(CNC(=O)CCc2nc3c(C)nn(-c4ccccc4)c3n(C)c2=O)cc1. The third-order valence-corrected chi connectivity index (χ3v) is 5.32. The smallest absolute Gasteiger partial charge is 0.273 e. The highest BCUT2D eigenvalue weighted by atomic mass is 16.1. The van der Waals surface area contributed by atoms with E-state index in [0.29, 0.717) is 23.4 Å². The summed E-state index contributed by atoms with van der Waals surface area (Å²) in [7, 11) is 1.72. The number of nitrogens with zero attached hydrogens (tertiary/aromatic N) is 4. The Hall–Kier alpha value is -3.74. The Morgan fingerprint density at radius 1 is 1.03 bits per heavy atom. The number of amides is 1. The standard InChI is InChI=1S/C24H25N5O2/c1-16-9-11-18(12-10-16)15-25-21(30)14-13-20-24(31)28(3)23-22(26-20)17(2)27-29(23)19-7-5-4-6-8-19/h4-12H,13-15H2,1-3H3,(H,25,30). The van der Waals surface area contributed by atoms with E-state index in [9.17, 15) is 9.59 Å². The summed E-state index contributed by atoms with van der Waals surface area (Å²) < 4.78 is 3.30. The topological polar surface area (TPSA) is 81.8 Å². The first-order valence-corrected chi connectivity index (χ1v) is 10.3. The lowest BCUT2D eigenvalue weighted by Crippen LogP contribution is -2.27. The van der Waals surface area contributed by atoms with E-state index in [0.717, 1.165) is 16.9 Å². The largest absolute Gasteiger partial charge is 0.352 e. The fourth-order valence-electron chi connectivity index (χ4n) is 3.55. The second kappa shape index (κ2) is 8.55. The fourth-order valence-corrected chi connectivity index (χ4v) is 3.55. The van der Waals surface area contributed by atoms with Gasteiger partial charge in [-0.3, -0.25) is 14.2 Å². The zero-order valence-corrected chi connectivity index (χ0v) is 17.9. The van der Waals surface area contributed by atoms with Crippen LogP contribution < -0.4 is 10.9 Å². The Balaban J connectivity index is 1.53. The van der Waals surface area contributed by atoms with Crippen molar-refractivity contribution >= 4 is 17.1 Å². The van der Waals surface area contributed by atoms with Gasteiger partial charge in [0.1, 0.15) is 11.2 Å². The minimum Gasteiger partial charge on any atom is -0.352 e. The van der Waals surface area contributed by atoms with Crippen molar-refractivity contribution in [3.63, 3.8) is 0 Å². The molecule has 0 unspecified atom stereocenters. The van der Waals surface area contributed by atoms with Crippen molar-refractivity contribution in [2.45, 2.75) is 33.2 Å². The maximum absolute atomic E-state index is 12.9. The molecule has 1 N–H and O–H groups in total. The number of nitrogens with one attached hydrogen (secondary N) is 1. The quantitative estimate of drug-likeness (QED) is 0.525. The van der Waals surface area contributed by atoms with Crippen LogP contribution in [0, 0.1) is 13.8 Å². The molecule has 2 aromatic carbocycles. The molecule has 2 aromatic heterocycles. The minimum absolute atomic E-state index is 0.110. The summed E-state index contributed by atoms with van der Waals surface area (Å²) in [5.41, 5.74) is 5.28. The van der Waals surface area contributed by atoms with Crippen molar-refractivity contribution in [2.24, 2.45) is 7.05 Å². The molecule has 0 bridgehead atoms. The molecule has 0 aliphatic rings. The normalized spacial score (nSPS) is 11.1. The van der Waals surface area contributed by atoms with Gasteiger partial charge >= 0.3 is 0 Å². The Bertz CT molecular complexity index is 1290. The third-order valence-electron chi connectivity index (χ3n) is 5.32. The minimum atomic E-state index is -0.212. The van der Waals surface area contributed by atoms with Crippen LogP contribution in [0.1, 0.15) is 28.9 Å². The summed E-state index contributed by atoms with van der Waals surface area (Å²) in [4.78, 5) is 29.8. The van der Waals surface area contributed by atoms with Crippen molar-refractivity contribution in [2.75, 3.05) is 0 Å². The monoisotopic (exact) mass is 415 g/mol. The number of aromatic nitrogens is 4. The van der Waals surface area contributed by atoms with Gasteiger partial charge in [-0.2, -0.15) is 5.10 Å². The van der Waals surface area contributed by atoms with Crippen LogP contribution >= 0.6 is 0 Å². The van der Waals surface area contributed by atoms with E-state index < -0.39 is 0 Å². The fraction of sp³-hybridized carbons (Fsp3) is 0.250. The van der Waals surface area contributed by atoms with Gasteiger partial charge < -0.3 is 5.32 Å². The van der Waals surface area contributed by atoms with Crippen molar-refractivity contribution in [1.29, 1.82) is 0 Å². The third kappa shape index (κ3) is 4.26. The highest BCUT2D eigenvalue weighted by Gasteiger charge is 2.18. The molecule has 0 saturated carbocycles. The van der Waals surface area contributed by atoms with E-state index in [1.807, 2.05) is 68.4 Å². The number of hydrogen-bond donors (Lipinski definition) is 1. The van der Waals surface area contributed by atoms with Crippen LogP contribution in [0.25, 0.3) is 16.9 Å². The first-order chi connectivity index (χ1) is 14.9. The average Bonchev–Trinajstić information content (AvgIpc) is 3.11. The van der Waals surface area contributed by atoms with Gasteiger partial charge in [0.15, 0.2) is 5.65 Å². The molecule has 4 rings (SSSR count). The number of fused-ring (bicyclic) bond motifs is 1. The van der Waals surface area contributed by atoms with E-state index >= 15 is 0 Å². The molecule has 7 heteroatoms. The molecule has 0 spiro atoms. The van der Waals surface area contributed by atoms with E-state index in [1.54, 1.807) is 16.3 Å². The number of carbonyl (C=O) groups is 1. The number of rotatable bonds is 6. The molecule has 1 amide bonds. The molecule has 158 valence electrons. The van der Waals surface area contributed by atoms with Gasteiger partial charge in [0.05, 0.1) is 11.4 Å². The van der Waals surface area contributed by atoms with E-state index in [4.69, 9.17) is 0 Å². The summed E-state index contributed by atoms with van der Waals surface area (Å²) >= 11 is 0.